The van der Waals surface area contributed by atoms with E-state index in [9.17, 15) is 5.11 Å². The Morgan fingerprint density at radius 1 is 1.33 bits per heavy atom. The average Bonchev–Trinajstić information content (AvgIpc) is 2.03. The molecule has 0 bridgehead atoms. The van der Waals surface area contributed by atoms with Gasteiger partial charge in [-0.3, -0.25) is 0 Å². The van der Waals surface area contributed by atoms with Crippen LogP contribution in [-0.4, -0.2) is 0 Å². The molecule has 0 aliphatic heterocycles. The van der Waals surface area contributed by atoms with Gasteiger partial charge in [0, 0.05) is 0 Å². The number of para-hydroxylation sites is 1. The van der Waals surface area contributed by atoms with Crippen molar-refractivity contribution < 1.29 is 34.7 Å². The summed E-state index contributed by atoms with van der Waals surface area (Å²) < 4.78 is 0. The van der Waals surface area contributed by atoms with E-state index in [0.29, 0.717) is 0 Å². The van der Waals surface area contributed by atoms with Crippen molar-refractivity contribution in [2.45, 2.75) is 13.3 Å². The predicted molar refractivity (Wildman–Crippen MR) is 44.4 cm³/mol. The first-order valence-electron chi connectivity index (χ1n) is 3.70. The molecule has 0 aliphatic carbocycles. The molecular formula is C10H11NaO. The molecule has 0 spiro atoms. The number of benzene rings is 1. The standard InChI is InChI=1S/C10H12O.Na/c1-2-3-6-9-7-4-5-8-10(9)11;/h2-5,7-8,11H,6H2,1H3;/q;+1/p-1/b3-2+;. The van der Waals surface area contributed by atoms with Crippen molar-refractivity contribution in [1.82, 2.24) is 0 Å². The monoisotopic (exact) mass is 170 g/mol. The zero-order valence-corrected chi connectivity index (χ0v) is 9.58. The van der Waals surface area contributed by atoms with Crippen molar-refractivity contribution in [2.75, 3.05) is 0 Å². The van der Waals surface area contributed by atoms with Gasteiger partial charge in [0.1, 0.15) is 0 Å². The third-order valence-electron chi connectivity index (χ3n) is 1.55. The minimum Gasteiger partial charge on any atom is -0.872 e. The Labute approximate surface area is 95.4 Å². The Hall–Kier alpha value is -0.240. The van der Waals surface area contributed by atoms with E-state index >= 15 is 0 Å². The fourth-order valence-corrected chi connectivity index (χ4v) is 0.917. The molecule has 0 heterocycles. The quantitative estimate of drug-likeness (QED) is 0.407. The largest absolute Gasteiger partial charge is 1.00 e. The van der Waals surface area contributed by atoms with Crippen LogP contribution in [-0.2, 0) is 6.42 Å². The van der Waals surface area contributed by atoms with Gasteiger partial charge in [0.25, 0.3) is 0 Å². The van der Waals surface area contributed by atoms with Gasteiger partial charge in [-0.15, -0.1) is 5.75 Å². The number of rotatable bonds is 2. The summed E-state index contributed by atoms with van der Waals surface area (Å²) in [6.45, 7) is 1.95. The fourth-order valence-electron chi connectivity index (χ4n) is 0.917. The van der Waals surface area contributed by atoms with Crippen LogP contribution in [0.15, 0.2) is 36.4 Å². The summed E-state index contributed by atoms with van der Waals surface area (Å²) in [5.74, 6) is 0.130. The molecule has 0 amide bonds. The molecule has 1 aromatic rings. The van der Waals surface area contributed by atoms with E-state index in [2.05, 4.69) is 0 Å². The molecule has 0 aliphatic rings. The third kappa shape index (κ3) is 3.44. The van der Waals surface area contributed by atoms with E-state index in [-0.39, 0.29) is 35.3 Å². The summed E-state index contributed by atoms with van der Waals surface area (Å²) >= 11 is 0. The second-order valence-electron chi connectivity index (χ2n) is 2.38. The van der Waals surface area contributed by atoms with Crippen LogP contribution in [0.4, 0.5) is 0 Å². The molecule has 1 nitrogen and oxygen atoms in total. The summed E-state index contributed by atoms with van der Waals surface area (Å²) in [6, 6.07) is 7.11. The van der Waals surface area contributed by atoms with Crippen LogP contribution in [0.2, 0.25) is 0 Å². The maximum atomic E-state index is 11.1. The second-order valence-corrected chi connectivity index (χ2v) is 2.38. The van der Waals surface area contributed by atoms with Gasteiger partial charge in [-0.2, -0.15) is 0 Å². The minimum atomic E-state index is 0. The Morgan fingerprint density at radius 3 is 2.58 bits per heavy atom. The van der Waals surface area contributed by atoms with E-state index in [0.717, 1.165) is 12.0 Å². The van der Waals surface area contributed by atoms with Gasteiger partial charge in [-0.1, -0.05) is 42.0 Å². The SMILES string of the molecule is C/C=C/Cc1ccccc1[O-].[Na+]. The van der Waals surface area contributed by atoms with Crippen LogP contribution in [0.1, 0.15) is 12.5 Å². The molecule has 58 valence electrons. The Kier molecular flexibility index (Phi) is 6.17. The number of hydrogen-bond donors (Lipinski definition) is 0. The molecule has 0 N–H and O–H groups in total. The average molecular weight is 170 g/mol. The molecular weight excluding hydrogens is 159 g/mol. The number of allylic oxidation sites excluding steroid dienone is 2. The second kappa shape index (κ2) is 6.30. The van der Waals surface area contributed by atoms with Crippen molar-refractivity contribution in [1.29, 1.82) is 0 Å². The van der Waals surface area contributed by atoms with Crippen LogP contribution in [0.5, 0.6) is 5.75 Å². The van der Waals surface area contributed by atoms with E-state index < -0.39 is 0 Å². The van der Waals surface area contributed by atoms with Gasteiger partial charge in [-0.05, 0) is 13.3 Å². The summed E-state index contributed by atoms with van der Waals surface area (Å²) in [7, 11) is 0. The van der Waals surface area contributed by atoms with Crippen molar-refractivity contribution in [2.24, 2.45) is 0 Å². The van der Waals surface area contributed by atoms with Gasteiger partial charge in [-0.25, -0.2) is 0 Å². The molecule has 0 radical (unpaired) electrons. The van der Waals surface area contributed by atoms with Gasteiger partial charge in [0.2, 0.25) is 0 Å². The van der Waals surface area contributed by atoms with Gasteiger partial charge >= 0.3 is 29.6 Å². The van der Waals surface area contributed by atoms with Gasteiger partial charge in [0.05, 0.1) is 0 Å². The van der Waals surface area contributed by atoms with Crippen LogP contribution in [0.3, 0.4) is 0 Å². The molecule has 1 aromatic carbocycles. The first-order chi connectivity index (χ1) is 5.34. The molecule has 0 saturated heterocycles. The molecule has 1 rings (SSSR count). The Balaban J connectivity index is 0.00000121. The van der Waals surface area contributed by atoms with E-state index in [1.54, 1.807) is 12.1 Å². The topological polar surface area (TPSA) is 23.1 Å². The molecule has 0 atom stereocenters. The van der Waals surface area contributed by atoms with Crippen molar-refractivity contribution in [3.05, 3.63) is 42.0 Å². The van der Waals surface area contributed by atoms with E-state index in [1.165, 1.54) is 0 Å². The van der Waals surface area contributed by atoms with Crippen molar-refractivity contribution in [3.8, 4) is 5.75 Å². The Bertz CT molecular complexity index is 256. The number of hydrogen-bond acceptors (Lipinski definition) is 1. The molecule has 12 heavy (non-hydrogen) atoms. The fraction of sp³-hybridized carbons (Fsp3) is 0.200. The molecule has 2 heteroatoms. The zero-order valence-electron chi connectivity index (χ0n) is 7.58. The molecule has 0 saturated carbocycles. The van der Waals surface area contributed by atoms with E-state index in [4.69, 9.17) is 0 Å². The summed E-state index contributed by atoms with van der Waals surface area (Å²) in [4.78, 5) is 0. The summed E-state index contributed by atoms with van der Waals surface area (Å²) in [5, 5.41) is 11.1. The van der Waals surface area contributed by atoms with Crippen molar-refractivity contribution in [3.63, 3.8) is 0 Å². The normalized spacial score (nSPS) is 9.75. The van der Waals surface area contributed by atoms with Crippen LogP contribution >= 0.6 is 0 Å². The summed E-state index contributed by atoms with van der Waals surface area (Å²) in [6.07, 6.45) is 4.68. The zero-order chi connectivity index (χ0) is 8.10. The van der Waals surface area contributed by atoms with Crippen LogP contribution < -0.4 is 34.7 Å². The van der Waals surface area contributed by atoms with Gasteiger partial charge < -0.3 is 5.11 Å². The van der Waals surface area contributed by atoms with Gasteiger partial charge in [0.15, 0.2) is 0 Å². The summed E-state index contributed by atoms with van der Waals surface area (Å²) in [5.41, 5.74) is 0.866. The van der Waals surface area contributed by atoms with E-state index in [1.807, 2.05) is 31.2 Å². The predicted octanol–water partition coefficient (Wildman–Crippen LogP) is -1.12. The molecule has 0 fully saturated rings. The first kappa shape index (κ1) is 11.8. The molecule has 0 unspecified atom stereocenters. The maximum absolute atomic E-state index is 11.1. The smallest absolute Gasteiger partial charge is 0.872 e. The molecule has 0 aromatic heterocycles. The first-order valence-corrected chi connectivity index (χ1v) is 3.70. The van der Waals surface area contributed by atoms with Crippen molar-refractivity contribution >= 4 is 0 Å². The van der Waals surface area contributed by atoms with Crippen LogP contribution in [0.25, 0.3) is 0 Å². The maximum Gasteiger partial charge on any atom is 1.00 e. The Morgan fingerprint density at radius 2 is 2.00 bits per heavy atom. The van der Waals surface area contributed by atoms with Crippen LogP contribution in [0, 0.1) is 0 Å². The third-order valence-corrected chi connectivity index (χ3v) is 1.55. The minimum absolute atomic E-state index is 0.